The SMILES string of the molecule is COc1ccc(-c2[nH]nc3nc(-c4cc(Br)ccc4OC)cc(C(=O)[O-])c23)cc1. The van der Waals surface area contributed by atoms with Crippen molar-refractivity contribution in [3.05, 3.63) is 58.6 Å². The molecule has 0 aliphatic heterocycles. The minimum absolute atomic E-state index is 0.00778. The molecule has 0 radical (unpaired) electrons. The number of halogens is 1. The van der Waals surface area contributed by atoms with Gasteiger partial charge in [0.15, 0.2) is 5.65 Å². The Kier molecular flexibility index (Phi) is 4.94. The van der Waals surface area contributed by atoms with Crippen LogP contribution in [-0.4, -0.2) is 35.4 Å². The van der Waals surface area contributed by atoms with Gasteiger partial charge in [-0.1, -0.05) is 15.9 Å². The van der Waals surface area contributed by atoms with Crippen molar-refractivity contribution in [1.82, 2.24) is 15.2 Å². The number of carboxylic acids is 1. The maximum absolute atomic E-state index is 12.0. The zero-order chi connectivity index (χ0) is 20.5. The molecule has 0 aliphatic carbocycles. The van der Waals surface area contributed by atoms with Crippen molar-refractivity contribution in [1.29, 1.82) is 0 Å². The van der Waals surface area contributed by atoms with Crippen LogP contribution in [0.5, 0.6) is 11.5 Å². The van der Waals surface area contributed by atoms with Crippen LogP contribution in [-0.2, 0) is 0 Å². The van der Waals surface area contributed by atoms with Crippen LogP contribution in [0.4, 0.5) is 0 Å². The summed E-state index contributed by atoms with van der Waals surface area (Å²) >= 11 is 3.42. The molecule has 4 aromatic rings. The maximum atomic E-state index is 12.0. The first-order valence-corrected chi connectivity index (χ1v) is 9.40. The molecule has 0 amide bonds. The van der Waals surface area contributed by atoms with Crippen LogP contribution in [0, 0.1) is 0 Å². The van der Waals surface area contributed by atoms with Crippen LogP contribution in [0.2, 0.25) is 0 Å². The number of nitrogens with zero attached hydrogens (tertiary/aromatic N) is 2. The number of benzene rings is 2. The molecule has 7 nitrogen and oxygen atoms in total. The molecular weight excluding hydrogens is 438 g/mol. The second-order valence-electron chi connectivity index (χ2n) is 6.21. The van der Waals surface area contributed by atoms with Crippen molar-refractivity contribution in [2.24, 2.45) is 0 Å². The van der Waals surface area contributed by atoms with Crippen LogP contribution >= 0.6 is 15.9 Å². The minimum atomic E-state index is -1.32. The predicted molar refractivity (Wildman–Crippen MR) is 110 cm³/mol. The highest BCUT2D eigenvalue weighted by Gasteiger charge is 2.18. The van der Waals surface area contributed by atoms with E-state index in [0.29, 0.717) is 33.8 Å². The molecule has 0 atom stereocenters. The lowest BCUT2D eigenvalue weighted by Gasteiger charge is -2.12. The zero-order valence-electron chi connectivity index (χ0n) is 15.5. The maximum Gasteiger partial charge on any atom is 0.182 e. The van der Waals surface area contributed by atoms with E-state index in [9.17, 15) is 9.90 Å². The van der Waals surface area contributed by atoms with E-state index in [0.717, 1.165) is 10.0 Å². The van der Waals surface area contributed by atoms with Gasteiger partial charge in [-0.05, 0) is 48.5 Å². The van der Waals surface area contributed by atoms with Crippen LogP contribution < -0.4 is 14.6 Å². The molecule has 0 saturated heterocycles. The van der Waals surface area contributed by atoms with E-state index in [1.807, 2.05) is 24.3 Å². The minimum Gasteiger partial charge on any atom is -0.545 e. The molecule has 0 fully saturated rings. The smallest absolute Gasteiger partial charge is 0.182 e. The van der Waals surface area contributed by atoms with Crippen LogP contribution in [0.25, 0.3) is 33.5 Å². The molecule has 146 valence electrons. The van der Waals surface area contributed by atoms with Gasteiger partial charge in [0.05, 0.1) is 37.0 Å². The van der Waals surface area contributed by atoms with Crippen molar-refractivity contribution < 1.29 is 19.4 Å². The number of hydrogen-bond donors (Lipinski definition) is 1. The molecule has 29 heavy (non-hydrogen) atoms. The van der Waals surface area contributed by atoms with Gasteiger partial charge < -0.3 is 19.4 Å². The number of aromatic amines is 1. The highest BCUT2D eigenvalue weighted by molar-refractivity contribution is 9.10. The van der Waals surface area contributed by atoms with Crippen molar-refractivity contribution in [3.63, 3.8) is 0 Å². The first-order chi connectivity index (χ1) is 14.0. The third-order valence-corrected chi connectivity index (χ3v) is 5.05. The summed E-state index contributed by atoms with van der Waals surface area (Å²) in [6.45, 7) is 0. The molecule has 0 spiro atoms. The number of ether oxygens (including phenoxy) is 2. The standard InChI is InChI=1S/C21H16BrN3O4/c1-28-13-6-3-11(4-7-13)19-18-15(21(26)27)10-16(23-20(18)25-24-19)14-9-12(22)5-8-17(14)29-2/h3-10H,1-2H3,(H,26,27)(H,23,24,25)/p-1. The van der Waals surface area contributed by atoms with Crippen molar-refractivity contribution in [3.8, 4) is 34.0 Å². The summed E-state index contributed by atoms with van der Waals surface area (Å²) in [5.74, 6) is -0.0566. The zero-order valence-corrected chi connectivity index (χ0v) is 17.1. The normalized spacial score (nSPS) is 10.9. The van der Waals surface area contributed by atoms with Crippen LogP contribution in [0.15, 0.2) is 53.0 Å². The average Bonchev–Trinajstić information content (AvgIpc) is 3.17. The van der Waals surface area contributed by atoms with Crippen molar-refractivity contribution in [2.45, 2.75) is 0 Å². The number of methoxy groups -OCH3 is 2. The van der Waals surface area contributed by atoms with E-state index in [1.54, 1.807) is 32.4 Å². The van der Waals surface area contributed by atoms with Gasteiger partial charge in [0.2, 0.25) is 0 Å². The topological polar surface area (TPSA) is 100 Å². The van der Waals surface area contributed by atoms with E-state index in [-0.39, 0.29) is 11.2 Å². The van der Waals surface area contributed by atoms with Gasteiger partial charge in [-0.3, -0.25) is 5.10 Å². The molecule has 0 bridgehead atoms. The van der Waals surface area contributed by atoms with Crippen LogP contribution in [0.3, 0.4) is 0 Å². The highest BCUT2D eigenvalue weighted by atomic mass is 79.9. The first-order valence-electron chi connectivity index (χ1n) is 8.60. The summed E-state index contributed by atoms with van der Waals surface area (Å²) < 4.78 is 11.4. The number of H-pyrrole nitrogens is 1. The van der Waals surface area contributed by atoms with Crippen LogP contribution in [0.1, 0.15) is 10.4 Å². The number of aromatic carboxylic acids is 1. The van der Waals surface area contributed by atoms with Crippen molar-refractivity contribution >= 4 is 32.9 Å². The number of rotatable bonds is 5. The third kappa shape index (κ3) is 3.42. The number of aromatic nitrogens is 3. The van der Waals surface area contributed by atoms with Gasteiger partial charge in [0.1, 0.15) is 11.5 Å². The van der Waals surface area contributed by atoms with E-state index in [4.69, 9.17) is 9.47 Å². The number of nitrogens with one attached hydrogen (secondary N) is 1. The van der Waals surface area contributed by atoms with Gasteiger partial charge in [-0.2, -0.15) is 5.10 Å². The number of carbonyl (C=O) groups excluding carboxylic acids is 1. The van der Waals surface area contributed by atoms with Gasteiger partial charge in [-0.25, -0.2) is 4.98 Å². The Bertz CT molecular complexity index is 1220. The average molecular weight is 453 g/mol. The highest BCUT2D eigenvalue weighted by Crippen LogP contribution is 2.36. The molecule has 4 rings (SSSR count). The summed E-state index contributed by atoms with van der Waals surface area (Å²) in [7, 11) is 3.12. The number of hydrogen-bond acceptors (Lipinski definition) is 6. The molecule has 2 aromatic heterocycles. The molecular formula is C21H15BrN3O4-. The lowest BCUT2D eigenvalue weighted by atomic mass is 10.0. The second-order valence-corrected chi connectivity index (χ2v) is 7.13. The molecule has 0 aliphatic rings. The van der Waals surface area contributed by atoms with Crippen molar-refractivity contribution in [2.75, 3.05) is 14.2 Å². The Labute approximate surface area is 174 Å². The molecule has 8 heteroatoms. The first kappa shape index (κ1) is 18.9. The van der Waals surface area contributed by atoms with Gasteiger partial charge in [0, 0.05) is 21.2 Å². The monoisotopic (exact) mass is 452 g/mol. The fraction of sp³-hybridized carbons (Fsp3) is 0.0952. The molecule has 1 N–H and O–H groups in total. The Morgan fingerprint density at radius 3 is 2.48 bits per heavy atom. The summed E-state index contributed by atoms with van der Waals surface area (Å²) in [5.41, 5.74) is 2.62. The molecule has 0 saturated carbocycles. The van der Waals surface area contributed by atoms with Gasteiger partial charge in [-0.15, -0.1) is 0 Å². The Morgan fingerprint density at radius 1 is 1.07 bits per heavy atom. The Balaban J connectivity index is 1.94. The number of carbonyl (C=O) groups is 1. The summed E-state index contributed by atoms with van der Waals surface area (Å²) in [5, 5.41) is 19.5. The van der Waals surface area contributed by atoms with Gasteiger partial charge >= 0.3 is 0 Å². The summed E-state index contributed by atoms with van der Waals surface area (Å²) in [6.07, 6.45) is 0. The molecule has 2 heterocycles. The molecule has 0 unspecified atom stereocenters. The Hall–Kier alpha value is -3.39. The van der Waals surface area contributed by atoms with E-state index in [2.05, 4.69) is 31.1 Å². The Morgan fingerprint density at radius 2 is 1.83 bits per heavy atom. The van der Waals surface area contributed by atoms with E-state index in [1.165, 1.54) is 6.07 Å². The molecule has 2 aromatic carbocycles. The second kappa shape index (κ2) is 7.56. The van der Waals surface area contributed by atoms with E-state index < -0.39 is 5.97 Å². The quantitative estimate of drug-likeness (QED) is 0.497. The lowest BCUT2D eigenvalue weighted by Crippen LogP contribution is -2.22. The summed E-state index contributed by atoms with van der Waals surface area (Å²) in [6, 6.07) is 14.1. The third-order valence-electron chi connectivity index (χ3n) is 4.56. The van der Waals surface area contributed by atoms with Gasteiger partial charge in [0.25, 0.3) is 0 Å². The number of fused-ring (bicyclic) bond motifs is 1. The predicted octanol–water partition coefficient (Wildman–Crippen LogP) is 3.44. The van der Waals surface area contributed by atoms with E-state index >= 15 is 0 Å². The fourth-order valence-electron chi connectivity index (χ4n) is 3.17. The largest absolute Gasteiger partial charge is 0.545 e. The number of pyridine rings is 1. The fourth-order valence-corrected chi connectivity index (χ4v) is 3.53. The number of carboxylic acid groups (broad SMARTS) is 1. The summed E-state index contributed by atoms with van der Waals surface area (Å²) in [4.78, 5) is 16.5. The lowest BCUT2D eigenvalue weighted by molar-refractivity contribution is -0.254.